The van der Waals surface area contributed by atoms with Crippen molar-refractivity contribution in [3.63, 3.8) is 0 Å². The largest absolute Gasteiger partial charge is 0.306 e. The van der Waals surface area contributed by atoms with Crippen molar-refractivity contribution >= 4 is 5.57 Å². The van der Waals surface area contributed by atoms with Gasteiger partial charge >= 0.3 is 0 Å². The van der Waals surface area contributed by atoms with E-state index >= 15 is 0 Å². The second-order valence-electron chi connectivity index (χ2n) is 9.09. The van der Waals surface area contributed by atoms with Crippen molar-refractivity contribution in [2.24, 2.45) is 13.0 Å². The highest BCUT2D eigenvalue weighted by Gasteiger charge is 2.20. The minimum Gasteiger partial charge on any atom is -0.306 e. The zero-order chi connectivity index (χ0) is 29.9. The summed E-state index contributed by atoms with van der Waals surface area (Å²) in [6, 6.07) is 9.20. The summed E-state index contributed by atoms with van der Waals surface area (Å²) in [7, 11) is 4.08. The van der Waals surface area contributed by atoms with E-state index in [-0.39, 0.29) is 5.82 Å². The molecule has 1 fully saturated rings. The number of nitrogens with zero attached hydrogens (tertiary/aromatic N) is 3. The first-order valence-electron chi connectivity index (χ1n) is 15.0. The molecule has 1 atom stereocenters. The Hall–Kier alpha value is -2.20. The Morgan fingerprint density at radius 1 is 1.00 bits per heavy atom. The van der Waals surface area contributed by atoms with Gasteiger partial charge in [0.15, 0.2) is 0 Å². The molecule has 220 valence electrons. The first-order valence-corrected chi connectivity index (χ1v) is 15.0. The molecule has 0 radical (unpaired) electrons. The fraction of sp³-hybridized carbons (Fsp3) is 0.618. The highest BCUT2D eigenvalue weighted by molar-refractivity contribution is 5.63. The number of rotatable bonds is 5. The van der Waals surface area contributed by atoms with E-state index in [0.717, 1.165) is 43.8 Å². The van der Waals surface area contributed by atoms with Crippen molar-refractivity contribution in [2.45, 2.75) is 108 Å². The number of aromatic nitrogens is 2. The molecular weight excluding hydrogens is 469 g/mol. The van der Waals surface area contributed by atoms with Gasteiger partial charge < -0.3 is 4.90 Å². The molecule has 0 amide bonds. The Bertz CT molecular complexity index is 818. The van der Waals surface area contributed by atoms with E-state index in [2.05, 4.69) is 76.0 Å². The first-order chi connectivity index (χ1) is 18.3. The maximum Gasteiger partial charge on any atom is 0.126 e. The second kappa shape index (κ2) is 27.8. The molecule has 1 aliphatic rings. The smallest absolute Gasteiger partial charge is 0.126 e. The predicted octanol–water partition coefficient (Wildman–Crippen LogP) is 10.6. The molecule has 4 heteroatoms. The van der Waals surface area contributed by atoms with E-state index in [1.807, 2.05) is 71.6 Å². The zero-order valence-electron chi connectivity index (χ0n) is 27.3. The maximum atomic E-state index is 13.5. The highest BCUT2D eigenvalue weighted by atomic mass is 19.1. The number of benzene rings is 1. The van der Waals surface area contributed by atoms with Gasteiger partial charge in [-0.2, -0.15) is 5.10 Å². The summed E-state index contributed by atoms with van der Waals surface area (Å²) < 4.78 is 15.4. The SMILES string of the molecule is C/C=C(\C/C=C\CC)c1ccnn1C.CC.CC.CC.CC(C)C.CN1CCC[C@H](c2ccccc2F)C1. The van der Waals surface area contributed by atoms with Crippen LogP contribution in [-0.4, -0.2) is 34.8 Å². The molecule has 3 rings (SSSR count). The topological polar surface area (TPSA) is 21.1 Å². The Balaban J connectivity index is -0.000000483. The third-order valence-corrected chi connectivity index (χ3v) is 5.21. The quantitative estimate of drug-likeness (QED) is 0.358. The van der Waals surface area contributed by atoms with Gasteiger partial charge in [0.1, 0.15) is 5.82 Å². The lowest BCUT2D eigenvalue weighted by Crippen LogP contribution is -2.31. The van der Waals surface area contributed by atoms with Crippen LogP contribution in [-0.2, 0) is 7.05 Å². The normalized spacial score (nSPS) is 14.8. The number of likely N-dealkylation sites (N-methyl/N-ethyl adjacent to an activating group) is 1. The first kappa shape index (κ1) is 40.3. The molecule has 0 unspecified atom stereocenters. The number of halogens is 1. The van der Waals surface area contributed by atoms with Gasteiger partial charge in [-0.1, -0.05) is 106 Å². The van der Waals surface area contributed by atoms with Crippen molar-refractivity contribution < 1.29 is 4.39 Å². The predicted molar refractivity (Wildman–Crippen MR) is 171 cm³/mol. The van der Waals surface area contributed by atoms with Crippen LogP contribution in [0, 0.1) is 11.7 Å². The molecule has 0 bridgehead atoms. The van der Waals surface area contributed by atoms with Crippen LogP contribution < -0.4 is 0 Å². The summed E-state index contributed by atoms with van der Waals surface area (Å²) in [5.41, 5.74) is 3.42. The van der Waals surface area contributed by atoms with E-state index in [1.165, 1.54) is 17.7 Å². The Morgan fingerprint density at radius 3 is 2.03 bits per heavy atom. The van der Waals surface area contributed by atoms with Gasteiger partial charge in [-0.25, -0.2) is 4.39 Å². The van der Waals surface area contributed by atoms with Gasteiger partial charge in [-0.3, -0.25) is 4.68 Å². The summed E-state index contributed by atoms with van der Waals surface area (Å²) in [5.74, 6) is 1.17. The fourth-order valence-corrected chi connectivity index (χ4v) is 3.66. The third kappa shape index (κ3) is 19.0. The number of likely N-dealkylation sites (tertiary alicyclic amines) is 1. The molecule has 38 heavy (non-hydrogen) atoms. The van der Waals surface area contributed by atoms with Crippen LogP contribution in [0.3, 0.4) is 0 Å². The minimum absolute atomic E-state index is 0.0483. The van der Waals surface area contributed by atoms with Gasteiger partial charge in [-0.15, -0.1) is 0 Å². The van der Waals surface area contributed by atoms with E-state index in [1.54, 1.807) is 12.1 Å². The summed E-state index contributed by atoms with van der Waals surface area (Å²) >= 11 is 0. The van der Waals surface area contributed by atoms with Gasteiger partial charge in [0.25, 0.3) is 0 Å². The van der Waals surface area contributed by atoms with Gasteiger partial charge in [0, 0.05) is 19.8 Å². The fourth-order valence-electron chi connectivity index (χ4n) is 3.66. The molecule has 1 saturated heterocycles. The molecule has 0 aliphatic carbocycles. The second-order valence-corrected chi connectivity index (χ2v) is 9.09. The van der Waals surface area contributed by atoms with Crippen molar-refractivity contribution in [3.05, 3.63) is 71.8 Å². The van der Waals surface area contributed by atoms with E-state index in [4.69, 9.17) is 0 Å². The standard InChI is InChI=1S/C12H16FN.C12H18N2.C4H10.3C2H6/c1-14-8-4-5-10(9-14)11-6-2-3-7-12(11)13;1-4-6-7-8-11(5-2)12-9-10-13-14(12)3;1-4(2)3;3*1-2/h2-3,6-7,10H,4-5,8-9H2,1H3;5-7,9-10H,4,8H2,1-3H3;4H,1-3H3;3*1-2H3/b;7-6-,11-5+;;;;/t10-;;;;;/m0...../s1. The number of piperidine rings is 1. The van der Waals surface area contributed by atoms with Crippen LogP contribution in [0.25, 0.3) is 5.57 Å². The molecule has 0 saturated carbocycles. The molecule has 2 aromatic rings. The van der Waals surface area contributed by atoms with Crippen molar-refractivity contribution in [1.82, 2.24) is 14.7 Å². The maximum absolute atomic E-state index is 13.5. The molecule has 1 aromatic carbocycles. The summed E-state index contributed by atoms with van der Waals surface area (Å²) in [4.78, 5) is 2.28. The van der Waals surface area contributed by atoms with E-state index < -0.39 is 0 Å². The minimum atomic E-state index is -0.0483. The van der Waals surface area contributed by atoms with Crippen LogP contribution in [0.2, 0.25) is 0 Å². The summed E-state index contributed by atoms with van der Waals surface area (Å²) in [5, 5.41) is 4.17. The van der Waals surface area contributed by atoms with Crippen LogP contribution in [0.4, 0.5) is 4.39 Å². The molecule has 2 heterocycles. The number of hydrogen-bond donors (Lipinski definition) is 0. The average molecular weight is 532 g/mol. The molecule has 0 N–H and O–H groups in total. The molecular formula is C34H62FN3. The van der Waals surface area contributed by atoms with Crippen molar-refractivity contribution in [1.29, 1.82) is 0 Å². The van der Waals surface area contributed by atoms with Crippen LogP contribution in [0.15, 0.2) is 54.8 Å². The average Bonchev–Trinajstić information content (AvgIpc) is 3.36. The molecule has 1 aromatic heterocycles. The van der Waals surface area contributed by atoms with Crippen LogP contribution in [0.1, 0.15) is 119 Å². The summed E-state index contributed by atoms with van der Waals surface area (Å²) in [6.07, 6.45) is 12.8. The number of allylic oxidation sites excluding steroid dienone is 4. The summed E-state index contributed by atoms with van der Waals surface area (Å²) in [6.45, 7) is 24.9. The van der Waals surface area contributed by atoms with Gasteiger partial charge in [0.2, 0.25) is 0 Å². The van der Waals surface area contributed by atoms with E-state index in [9.17, 15) is 4.39 Å². The monoisotopic (exact) mass is 531 g/mol. The molecule has 3 nitrogen and oxygen atoms in total. The highest BCUT2D eigenvalue weighted by Crippen LogP contribution is 2.27. The van der Waals surface area contributed by atoms with Crippen molar-refractivity contribution in [2.75, 3.05) is 20.1 Å². The van der Waals surface area contributed by atoms with Crippen LogP contribution >= 0.6 is 0 Å². The Kier molecular flexibility index (Phi) is 29.5. The molecule has 0 spiro atoms. The van der Waals surface area contributed by atoms with Gasteiger partial charge in [-0.05, 0) is 81.3 Å². The number of hydrogen-bond acceptors (Lipinski definition) is 2. The van der Waals surface area contributed by atoms with Crippen LogP contribution in [0.5, 0.6) is 0 Å². The van der Waals surface area contributed by atoms with Gasteiger partial charge in [0.05, 0.1) is 5.69 Å². The van der Waals surface area contributed by atoms with Crippen molar-refractivity contribution in [3.8, 4) is 0 Å². The lowest BCUT2D eigenvalue weighted by Gasteiger charge is -2.30. The lowest BCUT2D eigenvalue weighted by atomic mass is 9.90. The zero-order valence-corrected chi connectivity index (χ0v) is 27.3. The lowest BCUT2D eigenvalue weighted by molar-refractivity contribution is 0.248. The van der Waals surface area contributed by atoms with E-state index in [0.29, 0.717) is 5.92 Å². The Morgan fingerprint density at radius 2 is 1.58 bits per heavy atom. The Labute approximate surface area is 237 Å². The molecule has 1 aliphatic heterocycles. The number of aryl methyl sites for hydroxylation is 1. The third-order valence-electron chi connectivity index (χ3n) is 5.21.